The summed E-state index contributed by atoms with van der Waals surface area (Å²) in [7, 11) is 2.07. The normalized spacial score (nSPS) is 12.4. The van der Waals surface area contributed by atoms with Gasteiger partial charge in [0.15, 0.2) is 17.7 Å². The zero-order valence-corrected chi connectivity index (χ0v) is 15.8. The summed E-state index contributed by atoms with van der Waals surface area (Å²) in [5.41, 5.74) is 12.1. The summed E-state index contributed by atoms with van der Waals surface area (Å²) in [6, 6.07) is 10.5. The number of hydrogen-bond donors (Lipinski definition) is 2. The summed E-state index contributed by atoms with van der Waals surface area (Å²) < 4.78 is 4.17. The number of aryl methyl sites for hydroxylation is 3. The third-order valence-electron chi connectivity index (χ3n) is 4.72. The van der Waals surface area contributed by atoms with Crippen LogP contribution in [0.3, 0.4) is 0 Å². The molecule has 0 aromatic carbocycles. The minimum atomic E-state index is 0. The predicted molar refractivity (Wildman–Crippen MR) is 98.7 cm³/mol. The molecular weight excluding hydrogens is 357 g/mol. The number of nitrogens with one attached hydrogen (secondary N) is 1. The maximum absolute atomic E-state index is 6.29. The third kappa shape index (κ3) is 3.53. The van der Waals surface area contributed by atoms with Crippen molar-refractivity contribution in [3.63, 3.8) is 0 Å². The van der Waals surface area contributed by atoms with E-state index in [4.69, 9.17) is 10.8 Å². The highest BCUT2D eigenvalue weighted by Gasteiger charge is 2.18. The average Bonchev–Trinajstić information content (AvgIpc) is 3.14. The Labute approximate surface area is 160 Å². The summed E-state index contributed by atoms with van der Waals surface area (Å²) in [6.07, 6.45) is 6.45. The van der Waals surface area contributed by atoms with E-state index in [2.05, 4.69) is 47.4 Å². The summed E-state index contributed by atoms with van der Waals surface area (Å²) in [4.78, 5) is 0. The van der Waals surface area contributed by atoms with Gasteiger partial charge in [0.2, 0.25) is 0 Å². The molecule has 0 fully saturated rings. The van der Waals surface area contributed by atoms with E-state index in [9.17, 15) is 0 Å². The number of rotatable bonds is 4. The first kappa shape index (κ1) is 19.3. The van der Waals surface area contributed by atoms with E-state index < -0.39 is 0 Å². The Balaban J connectivity index is 0.00000113. The molecule has 0 radical (unpaired) electrons. The largest absolute Gasteiger partial charge is 1.00 e. The third-order valence-corrected chi connectivity index (χ3v) is 4.72. The van der Waals surface area contributed by atoms with Crippen molar-refractivity contribution in [2.24, 2.45) is 7.05 Å². The van der Waals surface area contributed by atoms with Crippen LogP contribution in [0.15, 0.2) is 36.5 Å². The van der Waals surface area contributed by atoms with Crippen LogP contribution < -0.4 is 28.0 Å². The molecule has 3 N–H and O–H groups in total. The van der Waals surface area contributed by atoms with Crippen LogP contribution in [0.1, 0.15) is 23.4 Å². The first-order valence-electron chi connectivity index (χ1n) is 8.20. The van der Waals surface area contributed by atoms with Gasteiger partial charge in [0.05, 0.1) is 5.52 Å². The smallest absolute Gasteiger partial charge is 0.182 e. The molecule has 0 saturated carbocycles. The van der Waals surface area contributed by atoms with Gasteiger partial charge in [0, 0.05) is 30.8 Å². The second-order valence-corrected chi connectivity index (χ2v) is 6.20. The van der Waals surface area contributed by atoms with Gasteiger partial charge in [-0.15, -0.1) is 17.5 Å². The van der Waals surface area contributed by atoms with Crippen molar-refractivity contribution >= 4 is 29.4 Å². The molecule has 3 aromatic heterocycles. The van der Waals surface area contributed by atoms with Gasteiger partial charge in [-0.3, -0.25) is 0 Å². The maximum atomic E-state index is 6.29. The quantitative estimate of drug-likeness (QED) is 0.590. The lowest BCUT2D eigenvalue weighted by Crippen LogP contribution is -3.00. The molecule has 0 spiro atoms. The second-order valence-electron chi connectivity index (χ2n) is 6.20. The molecule has 3 aromatic rings. The predicted octanol–water partition coefficient (Wildman–Crippen LogP) is -0.690. The summed E-state index contributed by atoms with van der Waals surface area (Å²) in [6.45, 7) is 0.814. The van der Waals surface area contributed by atoms with Gasteiger partial charge in [0.25, 0.3) is 0 Å². The van der Waals surface area contributed by atoms with E-state index >= 15 is 0 Å². The SMILES string of the molecule is C[n+]1ccccc1CCNc1nn2c3c(ccc2c1N)CCC3.Cl.[Cl-]. The fourth-order valence-electron chi connectivity index (χ4n) is 3.42. The topological polar surface area (TPSA) is 59.2 Å². The molecule has 0 unspecified atom stereocenters. The van der Waals surface area contributed by atoms with Gasteiger partial charge in [-0.1, -0.05) is 12.1 Å². The van der Waals surface area contributed by atoms with E-state index in [1.165, 1.54) is 23.4 Å². The molecule has 3 heterocycles. The summed E-state index contributed by atoms with van der Waals surface area (Å²) in [5, 5.41) is 8.11. The number of nitrogens with zero attached hydrogens (tertiary/aromatic N) is 3. The first-order chi connectivity index (χ1) is 11.2. The Morgan fingerprint density at radius 1 is 1.24 bits per heavy atom. The molecule has 1 aliphatic carbocycles. The van der Waals surface area contributed by atoms with E-state index in [1.807, 2.05) is 10.6 Å². The van der Waals surface area contributed by atoms with Crippen molar-refractivity contribution in [2.75, 3.05) is 17.6 Å². The molecule has 5 nitrogen and oxygen atoms in total. The Kier molecular flexibility index (Phi) is 6.14. The van der Waals surface area contributed by atoms with E-state index in [0.29, 0.717) is 0 Å². The van der Waals surface area contributed by atoms with Crippen molar-refractivity contribution < 1.29 is 17.0 Å². The molecule has 1 aliphatic rings. The molecule has 0 aliphatic heterocycles. The summed E-state index contributed by atoms with van der Waals surface area (Å²) >= 11 is 0. The number of pyridine rings is 2. The standard InChI is InChI=1S/C18H22N5.2ClH/c1-22-12-3-2-6-14(22)10-11-20-18-17(19)16-9-8-13-5-4-7-15(13)23(16)21-18;;/h2-3,6,8-9,12H,4-5,7,10-11,19H2,1H3,(H,20,21);2*1H/q+1;;/p-1. The Hall–Kier alpha value is -1.98. The maximum Gasteiger partial charge on any atom is 0.182 e. The van der Waals surface area contributed by atoms with Gasteiger partial charge < -0.3 is 23.5 Å². The number of nitrogen functional groups attached to an aromatic ring is 1. The van der Waals surface area contributed by atoms with Crippen LogP contribution in [0.2, 0.25) is 0 Å². The van der Waals surface area contributed by atoms with Crippen molar-refractivity contribution in [1.29, 1.82) is 0 Å². The summed E-state index contributed by atoms with van der Waals surface area (Å²) in [5.74, 6) is 0.795. The van der Waals surface area contributed by atoms with Crippen molar-refractivity contribution in [3.8, 4) is 0 Å². The van der Waals surface area contributed by atoms with Crippen LogP contribution in [0, 0.1) is 0 Å². The number of nitrogens with two attached hydrogens (primary N) is 1. The highest BCUT2D eigenvalue weighted by molar-refractivity contribution is 5.85. The molecule has 134 valence electrons. The van der Waals surface area contributed by atoms with Crippen LogP contribution >= 0.6 is 12.4 Å². The van der Waals surface area contributed by atoms with Gasteiger partial charge in [-0.25, -0.2) is 9.08 Å². The molecule has 0 saturated heterocycles. The molecular formula is C18H23Cl2N5. The zero-order chi connectivity index (χ0) is 15.8. The van der Waals surface area contributed by atoms with Crippen LogP contribution in [0.4, 0.5) is 11.5 Å². The number of fused-ring (bicyclic) bond motifs is 3. The molecule has 0 atom stereocenters. The molecule has 25 heavy (non-hydrogen) atoms. The Morgan fingerprint density at radius 3 is 2.88 bits per heavy atom. The fraction of sp³-hybridized carbons (Fsp3) is 0.333. The van der Waals surface area contributed by atoms with Gasteiger partial charge in [-0.2, -0.15) is 0 Å². The van der Waals surface area contributed by atoms with Crippen LogP contribution in [0.5, 0.6) is 0 Å². The molecule has 7 heteroatoms. The number of aromatic nitrogens is 3. The average molecular weight is 380 g/mol. The van der Waals surface area contributed by atoms with Crippen LogP contribution in [-0.4, -0.2) is 16.2 Å². The van der Waals surface area contributed by atoms with Gasteiger partial charge in [0.1, 0.15) is 12.7 Å². The lowest BCUT2D eigenvalue weighted by molar-refractivity contribution is -0.679. The van der Waals surface area contributed by atoms with Crippen LogP contribution in [-0.2, 0) is 26.3 Å². The fourth-order valence-corrected chi connectivity index (χ4v) is 3.42. The molecule has 4 rings (SSSR count). The van der Waals surface area contributed by atoms with Crippen molar-refractivity contribution in [1.82, 2.24) is 9.61 Å². The van der Waals surface area contributed by atoms with Crippen molar-refractivity contribution in [2.45, 2.75) is 25.7 Å². The number of anilines is 2. The van der Waals surface area contributed by atoms with Crippen LogP contribution in [0.25, 0.3) is 5.52 Å². The van der Waals surface area contributed by atoms with E-state index in [0.717, 1.165) is 42.8 Å². The lowest BCUT2D eigenvalue weighted by Gasteiger charge is -2.03. The first-order valence-corrected chi connectivity index (χ1v) is 8.20. The lowest BCUT2D eigenvalue weighted by atomic mass is 10.2. The van der Waals surface area contributed by atoms with Gasteiger partial charge in [-0.05, 0) is 30.9 Å². The highest BCUT2D eigenvalue weighted by atomic mass is 35.5. The minimum absolute atomic E-state index is 0. The molecule has 0 amide bonds. The van der Waals surface area contributed by atoms with E-state index in [-0.39, 0.29) is 24.8 Å². The Morgan fingerprint density at radius 2 is 2.08 bits per heavy atom. The minimum Gasteiger partial charge on any atom is -1.00 e. The van der Waals surface area contributed by atoms with Gasteiger partial charge >= 0.3 is 0 Å². The monoisotopic (exact) mass is 379 g/mol. The van der Waals surface area contributed by atoms with Crippen molar-refractivity contribution in [3.05, 3.63) is 53.5 Å². The Bertz CT molecular complexity index is 875. The van der Waals surface area contributed by atoms with E-state index in [1.54, 1.807) is 0 Å². The zero-order valence-electron chi connectivity index (χ0n) is 14.2. The number of halogens is 2. The second kappa shape index (κ2) is 7.93. The number of hydrogen-bond acceptors (Lipinski definition) is 3. The molecule has 0 bridgehead atoms. The highest BCUT2D eigenvalue weighted by Crippen LogP contribution is 2.29.